The van der Waals surface area contributed by atoms with E-state index in [1.165, 1.54) is 64.6 Å². The van der Waals surface area contributed by atoms with Crippen LogP contribution in [-0.2, 0) is 9.53 Å². The molecular weight excluding hydrogens is 554 g/mol. The van der Waals surface area contributed by atoms with Gasteiger partial charge in [0.2, 0.25) is 0 Å². The molecule has 0 aromatic heterocycles. The molecule has 0 heterocycles. The normalized spacial score (nSPS) is 12.3. The molecule has 0 aliphatic carbocycles. The van der Waals surface area contributed by atoms with Crippen LogP contribution in [0.1, 0.15) is 71.8 Å². The summed E-state index contributed by atoms with van der Waals surface area (Å²) in [6, 6.07) is 8.79. The quantitative estimate of drug-likeness (QED) is 0.102. The third-order valence-electron chi connectivity index (χ3n) is 5.30. The van der Waals surface area contributed by atoms with E-state index in [1.54, 1.807) is 0 Å². The molecule has 0 fully saturated rings. The molecule has 0 N–H and O–H groups in total. The summed E-state index contributed by atoms with van der Waals surface area (Å²) in [7, 11) is 0. The first-order valence-corrected chi connectivity index (χ1v) is 19.2. The van der Waals surface area contributed by atoms with Crippen molar-refractivity contribution in [3.63, 3.8) is 0 Å². The molecule has 1 rings (SSSR count). The predicted octanol–water partition coefficient (Wildman–Crippen LogP) is 7.63. The third-order valence-corrected chi connectivity index (χ3v) is 21.7. The fourth-order valence-electron chi connectivity index (χ4n) is 3.80. The number of hydrogen-bond donors (Lipinski definition) is 0. The molecule has 27 heavy (non-hydrogen) atoms. The summed E-state index contributed by atoms with van der Waals surface area (Å²) in [5.74, 6) is -0.156. The molecule has 0 aliphatic heterocycles. The third kappa shape index (κ3) is 8.46. The number of unbranched alkanes of at least 4 members (excludes halogenated alkanes) is 3. The fourth-order valence-corrected chi connectivity index (χ4v) is 20.9. The second kappa shape index (κ2) is 14.0. The summed E-state index contributed by atoms with van der Waals surface area (Å²) in [6.07, 6.45) is 9.45. The number of esters is 1. The Kier molecular flexibility index (Phi) is 13.0. The zero-order chi connectivity index (χ0) is 20.1. The Labute approximate surface area is 184 Å². The van der Waals surface area contributed by atoms with E-state index in [9.17, 15) is 4.79 Å². The van der Waals surface area contributed by atoms with Crippen LogP contribution in [0.5, 0.6) is 0 Å². The number of carbonyl (C=O) groups excluding carboxylic acids is 1. The molecule has 0 saturated heterocycles. The first-order valence-electron chi connectivity index (χ1n) is 10.7. The molecule has 0 saturated carbocycles. The van der Waals surface area contributed by atoms with Crippen molar-refractivity contribution < 1.29 is 9.53 Å². The Morgan fingerprint density at radius 3 is 1.81 bits per heavy atom. The van der Waals surface area contributed by atoms with Crippen molar-refractivity contribution in [2.75, 3.05) is 6.61 Å². The van der Waals surface area contributed by atoms with Crippen molar-refractivity contribution in [1.82, 2.24) is 0 Å². The molecule has 0 radical (unpaired) electrons. The van der Waals surface area contributed by atoms with Crippen LogP contribution in [0.15, 0.2) is 30.3 Å². The summed E-state index contributed by atoms with van der Waals surface area (Å²) in [6.45, 7) is 9.19. The van der Waals surface area contributed by atoms with Gasteiger partial charge in [-0.3, -0.25) is 0 Å². The van der Waals surface area contributed by atoms with Crippen molar-refractivity contribution >= 4 is 50.5 Å². The van der Waals surface area contributed by atoms with Crippen molar-refractivity contribution in [1.29, 1.82) is 0 Å². The second-order valence-electron chi connectivity index (χ2n) is 7.41. The summed E-state index contributed by atoms with van der Waals surface area (Å²) in [4.78, 5) is 12.5. The topological polar surface area (TPSA) is 26.3 Å². The molecule has 152 valence electrons. The van der Waals surface area contributed by atoms with E-state index in [0.29, 0.717) is 6.61 Å². The van der Waals surface area contributed by atoms with E-state index < -0.39 is 18.4 Å². The van der Waals surface area contributed by atoms with E-state index >= 15 is 0 Å². The maximum atomic E-state index is 12.5. The maximum absolute atomic E-state index is 12.5. The minimum atomic E-state index is -2.72. The first-order chi connectivity index (χ1) is 13.0. The number of benzene rings is 1. The molecule has 1 aromatic carbocycles. The molecule has 0 bridgehead atoms. The fraction of sp³-hybridized carbons (Fsp3) is 0.609. The van der Waals surface area contributed by atoms with Gasteiger partial charge in [-0.15, -0.1) is 0 Å². The van der Waals surface area contributed by atoms with Crippen LogP contribution in [0.2, 0.25) is 13.3 Å². The van der Waals surface area contributed by atoms with Gasteiger partial charge in [0.15, 0.2) is 0 Å². The van der Waals surface area contributed by atoms with Gasteiger partial charge < -0.3 is 0 Å². The van der Waals surface area contributed by atoms with E-state index in [0.717, 1.165) is 0 Å². The monoisotopic (exact) mass is 592 g/mol. The number of ether oxygens (including phenoxy) is 1. The van der Waals surface area contributed by atoms with Crippen molar-refractivity contribution in [2.45, 2.75) is 79.5 Å². The molecule has 0 unspecified atom stereocenters. The molecule has 1 aromatic rings. The van der Waals surface area contributed by atoms with Crippen LogP contribution in [-0.4, -0.2) is 31.0 Å². The number of hydrogen-bond acceptors (Lipinski definition) is 2. The molecule has 2 nitrogen and oxygen atoms in total. The van der Waals surface area contributed by atoms with Crippen LogP contribution in [0.3, 0.4) is 0 Å². The zero-order valence-corrected chi connectivity index (χ0v) is 22.7. The van der Waals surface area contributed by atoms with E-state index in [4.69, 9.17) is 4.74 Å². The predicted molar refractivity (Wildman–Crippen MR) is 129 cm³/mol. The van der Waals surface area contributed by atoms with E-state index in [1.807, 2.05) is 13.0 Å². The van der Waals surface area contributed by atoms with Crippen molar-refractivity contribution in [3.8, 4) is 0 Å². The number of rotatable bonds is 13. The standard InChI is InChI=1S/C11H10IO2.3C4H9.Sn/c1-2-14-11(13)8-5-9-3-6-10(12)7-4-9;3*1-3-4-2;/h3-4,6-8H,2H2,1H3;3*1,3-4H2,2H3;. The molecule has 4 heteroatoms. The number of carbonyl (C=O) groups is 1. The van der Waals surface area contributed by atoms with Gasteiger partial charge >= 0.3 is 186 Å². The summed E-state index contributed by atoms with van der Waals surface area (Å²) < 4.78 is 12.0. The van der Waals surface area contributed by atoms with Gasteiger partial charge in [0.05, 0.1) is 0 Å². The van der Waals surface area contributed by atoms with Gasteiger partial charge in [-0.1, -0.05) is 0 Å². The average molecular weight is 591 g/mol. The summed E-state index contributed by atoms with van der Waals surface area (Å²) >= 11 is -0.367. The van der Waals surface area contributed by atoms with Gasteiger partial charge in [0.25, 0.3) is 0 Å². The Morgan fingerprint density at radius 1 is 0.926 bits per heavy atom. The molecule has 0 amide bonds. The summed E-state index contributed by atoms with van der Waals surface area (Å²) in [5.41, 5.74) is 1.27. The zero-order valence-electron chi connectivity index (χ0n) is 17.7. The Hall–Kier alpha value is -0.0413. The van der Waals surface area contributed by atoms with Crippen molar-refractivity contribution in [2.24, 2.45) is 0 Å². The van der Waals surface area contributed by atoms with Crippen LogP contribution in [0.4, 0.5) is 0 Å². The molecular formula is C23H37IO2Sn. The Morgan fingerprint density at radius 2 is 1.41 bits per heavy atom. The van der Waals surface area contributed by atoms with Crippen LogP contribution in [0.25, 0.3) is 3.59 Å². The number of halogens is 1. The van der Waals surface area contributed by atoms with Crippen molar-refractivity contribution in [3.05, 3.63) is 39.5 Å². The average Bonchev–Trinajstić information content (AvgIpc) is 2.67. The molecule has 0 spiro atoms. The van der Waals surface area contributed by atoms with E-state index in [-0.39, 0.29) is 5.97 Å². The Bertz CT molecular complexity index is 559. The Balaban J connectivity index is 3.47. The molecule has 0 aliphatic rings. The van der Waals surface area contributed by atoms with Gasteiger partial charge in [0.1, 0.15) is 0 Å². The van der Waals surface area contributed by atoms with Gasteiger partial charge in [0, 0.05) is 0 Å². The molecule has 0 atom stereocenters. The SMILES string of the molecule is CCC[CH2][Sn]([CH2]CCC)([CH2]CCC)/[C](=C\C(=O)OCC)c1ccc(I)cc1. The van der Waals surface area contributed by atoms with E-state index in [2.05, 4.69) is 67.6 Å². The summed E-state index contributed by atoms with van der Waals surface area (Å²) in [5, 5.41) is 0. The van der Waals surface area contributed by atoms with Gasteiger partial charge in [-0.05, 0) is 0 Å². The minimum absolute atomic E-state index is 0.156. The van der Waals surface area contributed by atoms with Crippen LogP contribution >= 0.6 is 22.6 Å². The first kappa shape index (κ1) is 25.0. The van der Waals surface area contributed by atoms with Gasteiger partial charge in [-0.2, -0.15) is 0 Å². The second-order valence-corrected chi connectivity index (χ2v) is 21.8. The van der Waals surface area contributed by atoms with Crippen LogP contribution in [0, 0.1) is 3.57 Å². The van der Waals surface area contributed by atoms with Gasteiger partial charge in [-0.25, -0.2) is 0 Å². The van der Waals surface area contributed by atoms with Crippen LogP contribution < -0.4 is 0 Å².